The van der Waals surface area contributed by atoms with Gasteiger partial charge in [-0.15, -0.1) is 0 Å². The Kier molecular flexibility index (Phi) is 4.19. The Bertz CT molecular complexity index is 1020. The van der Waals surface area contributed by atoms with Crippen molar-refractivity contribution in [1.82, 2.24) is 9.78 Å². The van der Waals surface area contributed by atoms with Gasteiger partial charge in [0.15, 0.2) is 5.70 Å². The van der Waals surface area contributed by atoms with Crippen LogP contribution in [-0.4, -0.2) is 21.6 Å². The molecule has 0 atom stereocenters. The molecule has 0 spiro atoms. The lowest BCUT2D eigenvalue weighted by molar-refractivity contribution is -0.129. The Morgan fingerprint density at radius 2 is 1.85 bits per heavy atom. The lowest BCUT2D eigenvalue weighted by Gasteiger charge is -2.02. The maximum absolute atomic E-state index is 12.1. The molecule has 2 heterocycles. The lowest BCUT2D eigenvalue weighted by atomic mass is 10.1. The molecule has 0 saturated heterocycles. The molecule has 26 heavy (non-hydrogen) atoms. The fourth-order valence-electron chi connectivity index (χ4n) is 2.81. The molecule has 4 rings (SSSR count). The third-order valence-electron chi connectivity index (χ3n) is 4.14. The van der Waals surface area contributed by atoms with E-state index < -0.39 is 5.97 Å². The van der Waals surface area contributed by atoms with Crippen LogP contribution in [0.4, 0.5) is 0 Å². The van der Waals surface area contributed by atoms with E-state index in [1.807, 2.05) is 72.4 Å². The smallest absolute Gasteiger partial charge is 0.363 e. The van der Waals surface area contributed by atoms with Gasteiger partial charge in [-0.05, 0) is 30.2 Å². The molecule has 3 aromatic rings. The first-order valence-electron chi connectivity index (χ1n) is 8.34. The highest BCUT2D eigenvalue weighted by Crippen LogP contribution is 2.20. The molecule has 0 radical (unpaired) electrons. The minimum atomic E-state index is -0.445. The second-order valence-electron chi connectivity index (χ2n) is 6.11. The van der Waals surface area contributed by atoms with Gasteiger partial charge in [0.1, 0.15) is 0 Å². The van der Waals surface area contributed by atoms with E-state index in [2.05, 4.69) is 10.1 Å². The molecule has 0 saturated carbocycles. The monoisotopic (exact) mass is 343 g/mol. The molecule has 0 aliphatic carbocycles. The maximum Gasteiger partial charge on any atom is 0.363 e. The average Bonchev–Trinajstić information content (AvgIpc) is 3.23. The summed E-state index contributed by atoms with van der Waals surface area (Å²) >= 11 is 0. The quantitative estimate of drug-likeness (QED) is 0.537. The second-order valence-corrected chi connectivity index (χ2v) is 6.11. The number of hydrogen-bond acceptors (Lipinski definition) is 4. The largest absolute Gasteiger partial charge is 0.402 e. The summed E-state index contributed by atoms with van der Waals surface area (Å²) in [7, 11) is 0. The number of aliphatic imine (C=N–C) groups is 1. The molecule has 0 unspecified atom stereocenters. The lowest BCUT2D eigenvalue weighted by Crippen LogP contribution is -2.06. The molecule has 0 fully saturated rings. The minimum absolute atomic E-state index is 0.280. The molecule has 0 N–H and O–H groups in total. The first kappa shape index (κ1) is 16.0. The van der Waals surface area contributed by atoms with Crippen molar-refractivity contribution in [2.75, 3.05) is 0 Å². The number of ether oxygens (including phenoxy) is 1. The number of aromatic nitrogens is 2. The van der Waals surface area contributed by atoms with Gasteiger partial charge in [0.2, 0.25) is 5.90 Å². The normalized spacial score (nSPS) is 15.2. The van der Waals surface area contributed by atoms with E-state index in [4.69, 9.17) is 4.74 Å². The highest BCUT2D eigenvalue weighted by molar-refractivity contribution is 6.13. The summed E-state index contributed by atoms with van der Waals surface area (Å²) < 4.78 is 7.16. The highest BCUT2D eigenvalue weighted by Gasteiger charge is 2.25. The summed E-state index contributed by atoms with van der Waals surface area (Å²) in [5.41, 5.74) is 4.08. The minimum Gasteiger partial charge on any atom is -0.402 e. The molecule has 5 nitrogen and oxygen atoms in total. The van der Waals surface area contributed by atoms with Crippen molar-refractivity contribution in [2.24, 2.45) is 4.99 Å². The van der Waals surface area contributed by atoms with Crippen LogP contribution < -0.4 is 0 Å². The van der Waals surface area contributed by atoms with E-state index in [0.29, 0.717) is 12.4 Å². The molecule has 1 aliphatic heterocycles. The molecule has 128 valence electrons. The predicted molar refractivity (Wildman–Crippen MR) is 99.6 cm³/mol. The van der Waals surface area contributed by atoms with Gasteiger partial charge in [0.25, 0.3) is 0 Å². The van der Waals surface area contributed by atoms with Crippen LogP contribution >= 0.6 is 0 Å². The van der Waals surface area contributed by atoms with E-state index in [9.17, 15) is 4.79 Å². The summed E-state index contributed by atoms with van der Waals surface area (Å²) in [6.07, 6.45) is 5.29. The van der Waals surface area contributed by atoms with Gasteiger partial charge >= 0.3 is 5.97 Å². The fourth-order valence-corrected chi connectivity index (χ4v) is 2.81. The van der Waals surface area contributed by atoms with E-state index >= 15 is 0 Å². The number of cyclic esters (lactones) is 1. The van der Waals surface area contributed by atoms with Crippen molar-refractivity contribution in [3.8, 4) is 0 Å². The van der Waals surface area contributed by atoms with Gasteiger partial charge in [0.05, 0.1) is 12.7 Å². The number of carbonyl (C=O) groups excluding carboxylic acids is 1. The molecule has 2 aromatic carbocycles. The van der Waals surface area contributed by atoms with Crippen LogP contribution in [0.1, 0.15) is 22.3 Å². The first-order valence-corrected chi connectivity index (χ1v) is 8.34. The second kappa shape index (κ2) is 6.80. The number of aryl methyl sites for hydroxylation is 1. The molecule has 1 aromatic heterocycles. The molecule has 1 aliphatic rings. The summed E-state index contributed by atoms with van der Waals surface area (Å²) in [6, 6.07) is 17.8. The van der Waals surface area contributed by atoms with Gasteiger partial charge in [-0.25, -0.2) is 9.79 Å². The van der Waals surface area contributed by atoms with Crippen LogP contribution in [0.5, 0.6) is 0 Å². The number of rotatable bonds is 4. The van der Waals surface area contributed by atoms with Crippen LogP contribution in [0.2, 0.25) is 0 Å². The third-order valence-corrected chi connectivity index (χ3v) is 4.14. The first-order chi connectivity index (χ1) is 12.7. The van der Waals surface area contributed by atoms with Gasteiger partial charge in [-0.1, -0.05) is 48.5 Å². The van der Waals surface area contributed by atoms with Gasteiger partial charge in [-0.3, -0.25) is 4.68 Å². The topological polar surface area (TPSA) is 56.5 Å². The Morgan fingerprint density at radius 1 is 1.08 bits per heavy atom. The van der Waals surface area contributed by atoms with Crippen molar-refractivity contribution in [3.05, 3.63) is 94.9 Å². The zero-order chi connectivity index (χ0) is 17.9. The van der Waals surface area contributed by atoms with Crippen molar-refractivity contribution < 1.29 is 9.53 Å². The third kappa shape index (κ3) is 3.32. The van der Waals surface area contributed by atoms with Crippen LogP contribution in [0.25, 0.3) is 6.08 Å². The fraction of sp³-hybridized carbons (Fsp3) is 0.0952. The Labute approximate surface area is 151 Å². The van der Waals surface area contributed by atoms with E-state index in [-0.39, 0.29) is 5.70 Å². The summed E-state index contributed by atoms with van der Waals surface area (Å²) in [6.45, 7) is 2.63. The van der Waals surface area contributed by atoms with Crippen molar-refractivity contribution in [3.63, 3.8) is 0 Å². The Balaban J connectivity index is 1.57. The SMILES string of the molecule is Cc1ccccc1C1=N/C(=C\c2cnn(Cc3ccccc3)c2)C(=O)O1. The molecular formula is C21H17N3O2. The van der Waals surface area contributed by atoms with Gasteiger partial charge < -0.3 is 4.74 Å². The number of benzene rings is 2. The maximum atomic E-state index is 12.1. The van der Waals surface area contributed by atoms with Crippen molar-refractivity contribution in [1.29, 1.82) is 0 Å². The summed E-state index contributed by atoms with van der Waals surface area (Å²) in [4.78, 5) is 16.5. The highest BCUT2D eigenvalue weighted by atomic mass is 16.6. The Morgan fingerprint density at radius 3 is 2.65 bits per heavy atom. The molecular weight excluding hydrogens is 326 g/mol. The van der Waals surface area contributed by atoms with Gasteiger partial charge in [0, 0.05) is 17.3 Å². The van der Waals surface area contributed by atoms with Crippen molar-refractivity contribution in [2.45, 2.75) is 13.5 Å². The van der Waals surface area contributed by atoms with E-state index in [0.717, 1.165) is 22.3 Å². The standard InChI is InChI=1S/C21H17N3O2/c1-15-7-5-6-10-18(15)20-23-19(21(25)26-20)11-17-12-22-24(14-17)13-16-8-3-2-4-9-16/h2-12,14H,13H2,1H3/b19-11-. The van der Waals surface area contributed by atoms with Crippen LogP contribution in [0, 0.1) is 6.92 Å². The van der Waals surface area contributed by atoms with Crippen LogP contribution in [0.15, 0.2) is 77.7 Å². The average molecular weight is 343 g/mol. The molecule has 0 amide bonds. The Hall–Kier alpha value is -3.47. The van der Waals surface area contributed by atoms with E-state index in [1.165, 1.54) is 0 Å². The van der Waals surface area contributed by atoms with Crippen molar-refractivity contribution >= 4 is 17.9 Å². The number of hydrogen-bond donors (Lipinski definition) is 0. The van der Waals surface area contributed by atoms with Gasteiger partial charge in [-0.2, -0.15) is 5.10 Å². The number of carbonyl (C=O) groups is 1. The summed E-state index contributed by atoms with van der Waals surface area (Å²) in [5, 5.41) is 4.34. The molecule has 0 bridgehead atoms. The van der Waals surface area contributed by atoms with Crippen LogP contribution in [0.3, 0.4) is 0 Å². The number of esters is 1. The number of nitrogens with zero attached hydrogens (tertiary/aromatic N) is 3. The van der Waals surface area contributed by atoms with Crippen LogP contribution in [-0.2, 0) is 16.1 Å². The van der Waals surface area contributed by atoms with E-state index in [1.54, 1.807) is 12.3 Å². The predicted octanol–water partition coefficient (Wildman–Crippen LogP) is 3.58. The zero-order valence-corrected chi connectivity index (χ0v) is 14.3. The zero-order valence-electron chi connectivity index (χ0n) is 14.3. The molecule has 5 heteroatoms. The summed E-state index contributed by atoms with van der Waals surface area (Å²) in [5.74, 6) is -0.102.